The van der Waals surface area contributed by atoms with Gasteiger partial charge in [-0.2, -0.15) is 4.31 Å². The Labute approximate surface area is 192 Å². The van der Waals surface area contributed by atoms with Crippen LogP contribution in [0.1, 0.15) is 16.7 Å². The standard InChI is InChI=1S/C23H22Cl2N2O3S/c1-16-7-8-17(2)22(13-16)26-23(28)15-27(14-18-5-3-4-6-21(18)25)31(29,30)20-11-9-19(24)10-12-20/h3-13H,14-15H2,1-2H3,(H,26,28). The number of aryl methyl sites for hydroxylation is 2. The van der Waals surface area contributed by atoms with Crippen molar-refractivity contribution in [1.82, 2.24) is 4.31 Å². The maximum atomic E-state index is 13.3. The zero-order valence-corrected chi connectivity index (χ0v) is 19.4. The van der Waals surface area contributed by atoms with Gasteiger partial charge in [0.25, 0.3) is 0 Å². The van der Waals surface area contributed by atoms with E-state index in [-0.39, 0.29) is 18.0 Å². The average molecular weight is 477 g/mol. The van der Waals surface area contributed by atoms with Crippen LogP contribution < -0.4 is 5.32 Å². The highest BCUT2D eigenvalue weighted by Gasteiger charge is 2.27. The first-order valence-corrected chi connectivity index (χ1v) is 11.7. The number of benzene rings is 3. The van der Waals surface area contributed by atoms with E-state index < -0.39 is 15.9 Å². The van der Waals surface area contributed by atoms with Crippen molar-refractivity contribution in [3.05, 3.63) is 93.5 Å². The van der Waals surface area contributed by atoms with Gasteiger partial charge in [0, 0.05) is 22.3 Å². The van der Waals surface area contributed by atoms with E-state index in [0.29, 0.717) is 21.3 Å². The molecule has 3 rings (SSSR count). The molecule has 3 aromatic rings. The monoisotopic (exact) mass is 476 g/mol. The minimum Gasteiger partial charge on any atom is -0.325 e. The summed E-state index contributed by atoms with van der Waals surface area (Å²) in [7, 11) is -3.98. The van der Waals surface area contributed by atoms with Gasteiger partial charge in [0.15, 0.2) is 0 Å². The normalized spacial score (nSPS) is 11.5. The van der Waals surface area contributed by atoms with E-state index in [1.807, 2.05) is 32.0 Å². The summed E-state index contributed by atoms with van der Waals surface area (Å²) in [6.07, 6.45) is 0. The molecule has 0 aliphatic heterocycles. The number of hydrogen-bond donors (Lipinski definition) is 1. The van der Waals surface area contributed by atoms with Gasteiger partial charge in [0.05, 0.1) is 11.4 Å². The molecule has 31 heavy (non-hydrogen) atoms. The molecule has 0 aromatic heterocycles. The van der Waals surface area contributed by atoms with E-state index in [9.17, 15) is 13.2 Å². The van der Waals surface area contributed by atoms with Crippen molar-refractivity contribution in [1.29, 1.82) is 0 Å². The smallest absolute Gasteiger partial charge is 0.243 e. The summed E-state index contributed by atoms with van der Waals surface area (Å²) in [6, 6.07) is 18.5. The number of nitrogens with one attached hydrogen (secondary N) is 1. The van der Waals surface area contributed by atoms with Crippen molar-refractivity contribution < 1.29 is 13.2 Å². The summed E-state index contributed by atoms with van der Waals surface area (Å²) < 4.78 is 27.8. The van der Waals surface area contributed by atoms with E-state index in [1.165, 1.54) is 24.3 Å². The topological polar surface area (TPSA) is 66.5 Å². The van der Waals surface area contributed by atoms with Crippen LogP contribution in [0, 0.1) is 13.8 Å². The van der Waals surface area contributed by atoms with Crippen molar-refractivity contribution in [2.24, 2.45) is 0 Å². The predicted molar refractivity (Wildman–Crippen MR) is 125 cm³/mol. The molecular formula is C23H22Cl2N2O3S. The van der Waals surface area contributed by atoms with Gasteiger partial charge in [-0.15, -0.1) is 0 Å². The summed E-state index contributed by atoms with van der Waals surface area (Å²) in [5, 5.41) is 3.66. The Morgan fingerprint density at radius 2 is 1.65 bits per heavy atom. The molecule has 0 radical (unpaired) electrons. The highest BCUT2D eigenvalue weighted by atomic mass is 35.5. The average Bonchev–Trinajstić information content (AvgIpc) is 2.72. The summed E-state index contributed by atoms with van der Waals surface area (Å²) in [4.78, 5) is 12.9. The Bertz CT molecular complexity index is 1200. The van der Waals surface area contributed by atoms with Gasteiger partial charge in [0.1, 0.15) is 0 Å². The number of anilines is 1. The van der Waals surface area contributed by atoms with Gasteiger partial charge >= 0.3 is 0 Å². The predicted octanol–water partition coefficient (Wildman–Crippen LogP) is 5.44. The second-order valence-corrected chi connectivity index (χ2v) is 9.97. The molecule has 8 heteroatoms. The summed E-state index contributed by atoms with van der Waals surface area (Å²) in [5.74, 6) is -0.446. The largest absolute Gasteiger partial charge is 0.325 e. The first-order valence-electron chi connectivity index (χ1n) is 9.53. The number of halogens is 2. The molecule has 1 N–H and O–H groups in total. The number of rotatable bonds is 7. The van der Waals surface area contributed by atoms with Crippen LogP contribution >= 0.6 is 23.2 Å². The molecule has 0 unspecified atom stereocenters. The quantitative estimate of drug-likeness (QED) is 0.493. The summed E-state index contributed by atoms with van der Waals surface area (Å²) in [5.41, 5.74) is 3.12. The zero-order valence-electron chi connectivity index (χ0n) is 17.1. The number of amides is 1. The van der Waals surface area contributed by atoms with Gasteiger partial charge in [-0.3, -0.25) is 4.79 Å². The van der Waals surface area contributed by atoms with E-state index >= 15 is 0 Å². The molecule has 162 valence electrons. The third kappa shape index (κ3) is 5.86. The Morgan fingerprint density at radius 1 is 0.968 bits per heavy atom. The lowest BCUT2D eigenvalue weighted by Crippen LogP contribution is -2.37. The first kappa shape index (κ1) is 23.3. The first-order chi connectivity index (χ1) is 14.7. The van der Waals surface area contributed by atoms with Gasteiger partial charge in [-0.05, 0) is 66.9 Å². The SMILES string of the molecule is Cc1ccc(C)c(NC(=O)CN(Cc2ccccc2Cl)S(=O)(=O)c2ccc(Cl)cc2)c1. The van der Waals surface area contributed by atoms with Crippen LogP contribution in [0.5, 0.6) is 0 Å². The maximum absolute atomic E-state index is 13.3. The fourth-order valence-corrected chi connectivity index (χ4v) is 4.71. The molecule has 5 nitrogen and oxygen atoms in total. The molecule has 0 aliphatic rings. The van der Waals surface area contributed by atoms with Crippen molar-refractivity contribution in [3.8, 4) is 0 Å². The van der Waals surface area contributed by atoms with Crippen molar-refractivity contribution in [3.63, 3.8) is 0 Å². The Morgan fingerprint density at radius 3 is 2.32 bits per heavy atom. The third-order valence-corrected chi connectivity index (χ3v) is 7.17. The Hall–Kier alpha value is -2.38. The van der Waals surface area contributed by atoms with Crippen molar-refractivity contribution in [2.75, 3.05) is 11.9 Å². The Kier molecular flexibility index (Phi) is 7.38. The van der Waals surface area contributed by atoms with Crippen LogP contribution in [0.2, 0.25) is 10.0 Å². The molecule has 0 heterocycles. The number of carbonyl (C=O) groups excluding carboxylic acids is 1. The molecule has 0 bridgehead atoms. The van der Waals surface area contributed by atoms with E-state index in [0.717, 1.165) is 15.4 Å². The number of sulfonamides is 1. The fraction of sp³-hybridized carbons (Fsp3) is 0.174. The van der Waals surface area contributed by atoms with Crippen LogP contribution in [-0.2, 0) is 21.4 Å². The number of nitrogens with zero attached hydrogens (tertiary/aromatic N) is 1. The summed E-state index contributed by atoms with van der Waals surface area (Å²) >= 11 is 12.2. The molecular weight excluding hydrogens is 455 g/mol. The highest BCUT2D eigenvalue weighted by molar-refractivity contribution is 7.89. The molecule has 1 amide bonds. The third-order valence-electron chi connectivity index (χ3n) is 4.74. The number of carbonyl (C=O) groups is 1. The van der Waals surface area contributed by atoms with Crippen LogP contribution in [0.4, 0.5) is 5.69 Å². The molecule has 0 saturated heterocycles. The molecule has 3 aromatic carbocycles. The lowest BCUT2D eigenvalue weighted by atomic mass is 10.1. The van der Waals surface area contributed by atoms with Crippen molar-refractivity contribution >= 4 is 44.8 Å². The Balaban J connectivity index is 1.91. The number of hydrogen-bond acceptors (Lipinski definition) is 3. The minimum absolute atomic E-state index is 0.0449. The lowest BCUT2D eigenvalue weighted by Gasteiger charge is -2.23. The zero-order chi connectivity index (χ0) is 22.6. The second-order valence-electron chi connectivity index (χ2n) is 7.18. The summed E-state index contributed by atoms with van der Waals surface area (Å²) in [6.45, 7) is 3.37. The van der Waals surface area contributed by atoms with Crippen LogP contribution in [0.3, 0.4) is 0 Å². The van der Waals surface area contributed by atoms with Gasteiger partial charge in [0.2, 0.25) is 15.9 Å². The maximum Gasteiger partial charge on any atom is 0.243 e. The van der Waals surface area contributed by atoms with E-state index in [4.69, 9.17) is 23.2 Å². The van der Waals surface area contributed by atoms with E-state index in [2.05, 4.69) is 5.32 Å². The molecule has 0 saturated carbocycles. The molecule has 0 fully saturated rings. The van der Waals surface area contributed by atoms with Crippen LogP contribution in [-0.4, -0.2) is 25.2 Å². The highest BCUT2D eigenvalue weighted by Crippen LogP contribution is 2.24. The van der Waals surface area contributed by atoms with Crippen molar-refractivity contribution in [2.45, 2.75) is 25.3 Å². The van der Waals surface area contributed by atoms with E-state index in [1.54, 1.807) is 24.3 Å². The van der Waals surface area contributed by atoms with Crippen LogP contribution in [0.25, 0.3) is 0 Å². The molecule has 0 aliphatic carbocycles. The van der Waals surface area contributed by atoms with Gasteiger partial charge in [-0.25, -0.2) is 8.42 Å². The second kappa shape index (κ2) is 9.83. The molecule has 0 atom stereocenters. The van der Waals surface area contributed by atoms with Crippen LogP contribution in [0.15, 0.2) is 71.6 Å². The van der Waals surface area contributed by atoms with Gasteiger partial charge < -0.3 is 5.32 Å². The van der Waals surface area contributed by atoms with Gasteiger partial charge in [-0.1, -0.05) is 53.5 Å². The molecule has 0 spiro atoms. The fourth-order valence-electron chi connectivity index (χ4n) is 3.02. The minimum atomic E-state index is -3.98. The lowest BCUT2D eigenvalue weighted by molar-refractivity contribution is -0.116.